The molecule has 0 N–H and O–H groups in total. The number of aromatic nitrogens is 1. The van der Waals surface area contributed by atoms with Crippen molar-refractivity contribution in [2.45, 2.75) is 53.0 Å². The maximum atomic E-state index is 5.34. The normalized spacial score (nSPS) is 20.9. The van der Waals surface area contributed by atoms with Gasteiger partial charge in [0.1, 0.15) is 5.76 Å². The maximum absolute atomic E-state index is 5.34. The predicted molar refractivity (Wildman–Crippen MR) is 78.1 cm³/mol. The van der Waals surface area contributed by atoms with Crippen LogP contribution in [0.5, 0.6) is 0 Å². The lowest BCUT2D eigenvalue weighted by molar-refractivity contribution is 0.165. The Morgan fingerprint density at radius 2 is 2.21 bits per heavy atom. The zero-order chi connectivity index (χ0) is 14.0. The molecular formula is C16H26N2O. The fraction of sp³-hybridized carbons (Fsp3) is 0.688. The van der Waals surface area contributed by atoms with Gasteiger partial charge in [0.2, 0.25) is 0 Å². The fourth-order valence-electron chi connectivity index (χ4n) is 3.31. The van der Waals surface area contributed by atoms with Crippen molar-refractivity contribution in [2.75, 3.05) is 13.1 Å². The molecule has 1 aromatic heterocycles. The minimum absolute atomic E-state index is 0.281. The van der Waals surface area contributed by atoms with Crippen LogP contribution in [0.15, 0.2) is 17.2 Å². The molecule has 3 heteroatoms. The Morgan fingerprint density at radius 1 is 1.47 bits per heavy atom. The zero-order valence-corrected chi connectivity index (χ0v) is 12.7. The molecule has 1 aliphatic heterocycles. The van der Waals surface area contributed by atoms with Gasteiger partial charge in [0, 0.05) is 18.2 Å². The lowest BCUT2D eigenvalue weighted by Crippen LogP contribution is -2.34. The lowest BCUT2D eigenvalue weighted by Gasteiger charge is -2.33. The third-order valence-electron chi connectivity index (χ3n) is 4.11. The van der Waals surface area contributed by atoms with E-state index in [1.54, 1.807) is 0 Å². The molecule has 0 unspecified atom stereocenters. The number of hydrogen-bond donors (Lipinski definition) is 0. The van der Waals surface area contributed by atoms with E-state index < -0.39 is 0 Å². The van der Waals surface area contributed by atoms with Crippen LogP contribution in [0.25, 0.3) is 0 Å². The Labute approximate surface area is 116 Å². The molecule has 19 heavy (non-hydrogen) atoms. The molecule has 2 rings (SSSR count). The SMILES string of the molecule is C=CCC(C)(C)CN1CCC[C@@H]1c1c(C)noc1C. The largest absolute Gasteiger partial charge is 0.361 e. The molecule has 3 nitrogen and oxygen atoms in total. The minimum Gasteiger partial charge on any atom is -0.361 e. The van der Waals surface area contributed by atoms with Crippen LogP contribution in [-0.4, -0.2) is 23.1 Å². The second kappa shape index (κ2) is 5.49. The van der Waals surface area contributed by atoms with Gasteiger partial charge < -0.3 is 4.52 Å². The first-order valence-corrected chi connectivity index (χ1v) is 7.22. The van der Waals surface area contributed by atoms with Gasteiger partial charge in [0.15, 0.2) is 0 Å². The van der Waals surface area contributed by atoms with E-state index in [1.165, 1.54) is 24.9 Å². The second-order valence-corrected chi connectivity index (χ2v) is 6.52. The van der Waals surface area contributed by atoms with E-state index in [0.29, 0.717) is 6.04 Å². The monoisotopic (exact) mass is 262 g/mol. The van der Waals surface area contributed by atoms with Gasteiger partial charge in [0.25, 0.3) is 0 Å². The Morgan fingerprint density at radius 3 is 2.79 bits per heavy atom. The first-order valence-electron chi connectivity index (χ1n) is 7.22. The van der Waals surface area contributed by atoms with E-state index in [4.69, 9.17) is 4.52 Å². The number of nitrogens with zero attached hydrogens (tertiary/aromatic N) is 2. The predicted octanol–water partition coefficient (Wildman–Crippen LogP) is 4.03. The number of rotatable bonds is 5. The second-order valence-electron chi connectivity index (χ2n) is 6.52. The smallest absolute Gasteiger partial charge is 0.138 e. The summed E-state index contributed by atoms with van der Waals surface area (Å²) in [5.41, 5.74) is 2.64. The maximum Gasteiger partial charge on any atom is 0.138 e. The number of allylic oxidation sites excluding steroid dienone is 1. The van der Waals surface area contributed by atoms with Gasteiger partial charge in [-0.3, -0.25) is 4.90 Å². The molecule has 0 saturated carbocycles. The molecule has 106 valence electrons. The van der Waals surface area contributed by atoms with Crippen molar-refractivity contribution >= 4 is 0 Å². The topological polar surface area (TPSA) is 29.3 Å². The zero-order valence-electron chi connectivity index (χ0n) is 12.7. The van der Waals surface area contributed by atoms with Crippen molar-refractivity contribution in [3.63, 3.8) is 0 Å². The Balaban J connectivity index is 2.16. The van der Waals surface area contributed by atoms with Crippen molar-refractivity contribution < 1.29 is 4.52 Å². The molecule has 1 aromatic rings. The average Bonchev–Trinajstić information content (AvgIpc) is 2.86. The van der Waals surface area contributed by atoms with E-state index in [1.807, 2.05) is 13.0 Å². The Bertz CT molecular complexity index is 428. The van der Waals surface area contributed by atoms with Crippen molar-refractivity contribution in [1.82, 2.24) is 10.1 Å². The molecule has 0 radical (unpaired) electrons. The van der Waals surface area contributed by atoms with E-state index >= 15 is 0 Å². The van der Waals surface area contributed by atoms with E-state index in [0.717, 1.165) is 24.4 Å². The summed E-state index contributed by atoms with van der Waals surface area (Å²) in [6.07, 6.45) is 5.56. The summed E-state index contributed by atoms with van der Waals surface area (Å²) in [7, 11) is 0. The highest BCUT2D eigenvalue weighted by Crippen LogP contribution is 2.38. The van der Waals surface area contributed by atoms with Crippen LogP contribution >= 0.6 is 0 Å². The standard InChI is InChI=1S/C16H26N2O/c1-6-9-16(4,5)11-18-10-7-8-14(18)15-12(2)17-19-13(15)3/h6,14H,1,7-11H2,2-5H3/t14-/m1/s1. The molecule has 0 aliphatic carbocycles. The van der Waals surface area contributed by atoms with Crippen molar-refractivity contribution in [3.05, 3.63) is 29.7 Å². The van der Waals surface area contributed by atoms with Crippen LogP contribution < -0.4 is 0 Å². The number of hydrogen-bond acceptors (Lipinski definition) is 3. The summed E-state index contributed by atoms with van der Waals surface area (Å²) in [4.78, 5) is 2.59. The molecule has 1 aliphatic rings. The number of aryl methyl sites for hydroxylation is 2. The van der Waals surface area contributed by atoms with Crippen LogP contribution in [-0.2, 0) is 0 Å². The van der Waals surface area contributed by atoms with Gasteiger partial charge in [-0.2, -0.15) is 0 Å². The van der Waals surface area contributed by atoms with E-state index in [-0.39, 0.29) is 5.41 Å². The highest BCUT2D eigenvalue weighted by Gasteiger charge is 2.33. The van der Waals surface area contributed by atoms with Gasteiger partial charge in [-0.1, -0.05) is 25.1 Å². The third-order valence-corrected chi connectivity index (χ3v) is 4.11. The average molecular weight is 262 g/mol. The van der Waals surface area contributed by atoms with Crippen LogP contribution in [0.1, 0.15) is 56.2 Å². The Hall–Kier alpha value is -1.09. The summed E-state index contributed by atoms with van der Waals surface area (Å²) in [6, 6.07) is 0.482. The quantitative estimate of drug-likeness (QED) is 0.750. The van der Waals surface area contributed by atoms with Gasteiger partial charge >= 0.3 is 0 Å². The highest BCUT2D eigenvalue weighted by molar-refractivity contribution is 5.26. The molecule has 2 heterocycles. The van der Waals surface area contributed by atoms with Gasteiger partial charge in [0.05, 0.1) is 5.69 Å². The van der Waals surface area contributed by atoms with Crippen molar-refractivity contribution in [3.8, 4) is 0 Å². The summed E-state index contributed by atoms with van der Waals surface area (Å²) >= 11 is 0. The first-order chi connectivity index (χ1) is 8.94. The molecule has 1 fully saturated rings. The first kappa shape index (κ1) is 14.3. The lowest BCUT2D eigenvalue weighted by atomic mass is 9.88. The Kier molecular flexibility index (Phi) is 4.14. The molecule has 1 atom stereocenters. The van der Waals surface area contributed by atoms with Gasteiger partial charge in [-0.25, -0.2) is 0 Å². The van der Waals surface area contributed by atoms with Crippen LogP contribution in [0.2, 0.25) is 0 Å². The summed E-state index contributed by atoms with van der Waals surface area (Å²) < 4.78 is 5.34. The van der Waals surface area contributed by atoms with Crippen molar-refractivity contribution in [2.24, 2.45) is 5.41 Å². The molecule has 0 amide bonds. The summed E-state index contributed by atoms with van der Waals surface area (Å²) in [5.74, 6) is 0.982. The van der Waals surface area contributed by atoms with E-state index in [9.17, 15) is 0 Å². The highest BCUT2D eigenvalue weighted by atomic mass is 16.5. The van der Waals surface area contributed by atoms with Crippen LogP contribution in [0.3, 0.4) is 0 Å². The van der Waals surface area contributed by atoms with E-state index in [2.05, 4.69) is 37.4 Å². The molecule has 1 saturated heterocycles. The molecular weight excluding hydrogens is 236 g/mol. The molecule has 0 bridgehead atoms. The van der Waals surface area contributed by atoms with Gasteiger partial charge in [-0.15, -0.1) is 6.58 Å². The fourth-order valence-corrected chi connectivity index (χ4v) is 3.31. The number of likely N-dealkylation sites (tertiary alicyclic amines) is 1. The summed E-state index contributed by atoms with van der Waals surface area (Å²) in [6.45, 7) is 14.9. The molecule has 0 aromatic carbocycles. The van der Waals surface area contributed by atoms with Crippen LogP contribution in [0, 0.1) is 19.3 Å². The molecule has 0 spiro atoms. The van der Waals surface area contributed by atoms with Crippen molar-refractivity contribution in [1.29, 1.82) is 0 Å². The summed E-state index contributed by atoms with van der Waals surface area (Å²) in [5, 5.41) is 4.11. The third kappa shape index (κ3) is 3.08. The van der Waals surface area contributed by atoms with Gasteiger partial charge in [-0.05, 0) is 45.1 Å². The van der Waals surface area contributed by atoms with Crippen LogP contribution in [0.4, 0.5) is 0 Å². The minimum atomic E-state index is 0.281.